The molecule has 1 N–H and O–H groups in total. The molecule has 1 heterocycles. The van der Waals surface area contributed by atoms with E-state index in [0.717, 1.165) is 29.7 Å². The van der Waals surface area contributed by atoms with Gasteiger partial charge in [-0.15, -0.1) is 0 Å². The summed E-state index contributed by atoms with van der Waals surface area (Å²) in [5.41, 5.74) is 2.63. The van der Waals surface area contributed by atoms with Gasteiger partial charge < -0.3 is 15.0 Å². The summed E-state index contributed by atoms with van der Waals surface area (Å²) in [7, 11) is 1.77. The first kappa shape index (κ1) is 16.8. The topological polar surface area (TPSA) is 65.4 Å². The van der Waals surface area contributed by atoms with E-state index in [1.807, 2.05) is 36.4 Å². The van der Waals surface area contributed by atoms with Crippen molar-refractivity contribution in [3.05, 3.63) is 65.2 Å². The zero-order valence-electron chi connectivity index (χ0n) is 14.2. The Morgan fingerprint density at radius 2 is 2.04 bits per heavy atom. The van der Waals surface area contributed by atoms with Crippen molar-refractivity contribution in [2.24, 2.45) is 0 Å². The Hall–Kier alpha value is -3.00. The summed E-state index contributed by atoms with van der Waals surface area (Å²) in [5, 5.41) is 12.0. The number of nitrogens with zero attached hydrogens (tertiary/aromatic N) is 2. The van der Waals surface area contributed by atoms with Crippen LogP contribution in [0.25, 0.3) is 0 Å². The van der Waals surface area contributed by atoms with Crippen molar-refractivity contribution in [1.29, 1.82) is 5.26 Å². The maximum Gasteiger partial charge on any atom is 0.317 e. The van der Waals surface area contributed by atoms with Crippen LogP contribution in [0.4, 0.5) is 4.79 Å². The average molecular weight is 335 g/mol. The Labute approximate surface area is 147 Å². The highest BCUT2D eigenvalue weighted by molar-refractivity contribution is 5.74. The molecule has 0 bridgehead atoms. The highest BCUT2D eigenvalue weighted by Crippen LogP contribution is 2.31. The molecule has 0 radical (unpaired) electrons. The van der Waals surface area contributed by atoms with E-state index in [2.05, 4.69) is 11.4 Å². The standard InChI is InChI=1S/C20H21N3O2/c1-23(14-16-10-8-15(13-21)9-11-16)20(24)22-18-6-4-12-25-19-7-3-2-5-17(18)19/h2-3,5,7-11,18H,4,6,12,14H2,1H3,(H,22,24). The quantitative estimate of drug-likeness (QED) is 0.932. The molecule has 5 heteroatoms. The van der Waals surface area contributed by atoms with Gasteiger partial charge in [0.25, 0.3) is 0 Å². The fourth-order valence-electron chi connectivity index (χ4n) is 2.96. The monoisotopic (exact) mass is 335 g/mol. The number of para-hydroxylation sites is 1. The molecule has 5 nitrogen and oxygen atoms in total. The van der Waals surface area contributed by atoms with Crippen molar-refractivity contribution in [2.45, 2.75) is 25.4 Å². The van der Waals surface area contributed by atoms with Crippen LogP contribution >= 0.6 is 0 Å². The molecule has 128 valence electrons. The number of rotatable bonds is 3. The zero-order chi connectivity index (χ0) is 17.6. The van der Waals surface area contributed by atoms with E-state index in [0.29, 0.717) is 18.7 Å². The van der Waals surface area contributed by atoms with Crippen LogP contribution in [-0.4, -0.2) is 24.6 Å². The molecule has 0 fully saturated rings. The molecule has 1 aliphatic rings. The van der Waals surface area contributed by atoms with Gasteiger partial charge in [0.2, 0.25) is 0 Å². The third-order valence-electron chi connectivity index (χ3n) is 4.34. The lowest BCUT2D eigenvalue weighted by molar-refractivity contribution is 0.202. The Bertz CT molecular complexity index is 780. The van der Waals surface area contributed by atoms with Crippen LogP contribution in [0.15, 0.2) is 48.5 Å². The number of nitriles is 1. The molecule has 1 unspecified atom stereocenters. The van der Waals surface area contributed by atoms with Gasteiger partial charge in [-0.1, -0.05) is 30.3 Å². The van der Waals surface area contributed by atoms with Crippen molar-refractivity contribution in [1.82, 2.24) is 10.2 Å². The molecule has 1 atom stereocenters. The van der Waals surface area contributed by atoms with Crippen LogP contribution in [0.5, 0.6) is 5.75 Å². The van der Waals surface area contributed by atoms with Gasteiger partial charge in [-0.3, -0.25) is 0 Å². The average Bonchev–Trinajstić information content (AvgIpc) is 2.85. The number of fused-ring (bicyclic) bond motifs is 1. The molecule has 2 aromatic rings. The first-order chi connectivity index (χ1) is 12.2. The number of hydrogen-bond donors (Lipinski definition) is 1. The largest absolute Gasteiger partial charge is 0.493 e. The summed E-state index contributed by atoms with van der Waals surface area (Å²) in [4.78, 5) is 14.2. The molecule has 25 heavy (non-hydrogen) atoms. The smallest absolute Gasteiger partial charge is 0.317 e. The molecule has 1 aliphatic heterocycles. The van der Waals surface area contributed by atoms with Crippen molar-refractivity contribution in [3.8, 4) is 11.8 Å². The van der Waals surface area contributed by atoms with Crippen LogP contribution in [-0.2, 0) is 6.54 Å². The second-order valence-corrected chi connectivity index (χ2v) is 6.20. The van der Waals surface area contributed by atoms with E-state index in [-0.39, 0.29) is 12.1 Å². The van der Waals surface area contributed by atoms with Gasteiger partial charge in [-0.2, -0.15) is 5.26 Å². The van der Waals surface area contributed by atoms with Gasteiger partial charge in [0.1, 0.15) is 5.75 Å². The Morgan fingerprint density at radius 3 is 2.80 bits per heavy atom. The lowest BCUT2D eigenvalue weighted by atomic mass is 10.0. The predicted octanol–water partition coefficient (Wildman–Crippen LogP) is 3.61. The van der Waals surface area contributed by atoms with Crippen molar-refractivity contribution in [2.75, 3.05) is 13.7 Å². The van der Waals surface area contributed by atoms with E-state index < -0.39 is 0 Å². The zero-order valence-corrected chi connectivity index (χ0v) is 14.2. The van der Waals surface area contributed by atoms with Crippen LogP contribution in [0, 0.1) is 11.3 Å². The molecule has 2 aromatic carbocycles. The fourth-order valence-corrected chi connectivity index (χ4v) is 2.96. The summed E-state index contributed by atoms with van der Waals surface area (Å²) in [6.07, 6.45) is 1.76. The molecular formula is C20H21N3O2. The van der Waals surface area contributed by atoms with Crippen LogP contribution in [0.1, 0.15) is 35.6 Å². The van der Waals surface area contributed by atoms with Gasteiger partial charge in [-0.05, 0) is 36.6 Å². The SMILES string of the molecule is CN(Cc1ccc(C#N)cc1)C(=O)NC1CCCOc2ccccc21. The normalized spacial score (nSPS) is 15.9. The molecule has 0 spiro atoms. The van der Waals surface area contributed by atoms with E-state index in [4.69, 9.17) is 10.00 Å². The molecule has 0 saturated carbocycles. The van der Waals surface area contributed by atoms with Gasteiger partial charge in [0, 0.05) is 19.2 Å². The number of benzene rings is 2. The number of carbonyl (C=O) groups excluding carboxylic acids is 1. The lowest BCUT2D eigenvalue weighted by Crippen LogP contribution is -2.38. The van der Waals surface area contributed by atoms with E-state index >= 15 is 0 Å². The summed E-state index contributed by atoms with van der Waals surface area (Å²) in [6.45, 7) is 1.16. The third-order valence-corrected chi connectivity index (χ3v) is 4.34. The maximum atomic E-state index is 12.6. The first-order valence-corrected chi connectivity index (χ1v) is 8.40. The number of carbonyl (C=O) groups is 1. The van der Waals surface area contributed by atoms with E-state index in [1.165, 1.54) is 0 Å². The van der Waals surface area contributed by atoms with Crippen LogP contribution in [0.3, 0.4) is 0 Å². The predicted molar refractivity (Wildman–Crippen MR) is 95.1 cm³/mol. The number of ether oxygens (including phenoxy) is 1. The second-order valence-electron chi connectivity index (χ2n) is 6.20. The van der Waals surface area contributed by atoms with Crippen molar-refractivity contribution < 1.29 is 9.53 Å². The number of urea groups is 1. The molecular weight excluding hydrogens is 314 g/mol. The molecule has 2 amide bonds. The summed E-state index contributed by atoms with van der Waals surface area (Å²) >= 11 is 0. The van der Waals surface area contributed by atoms with E-state index in [9.17, 15) is 4.79 Å². The second kappa shape index (κ2) is 7.71. The Morgan fingerprint density at radius 1 is 1.28 bits per heavy atom. The Balaban J connectivity index is 1.66. The maximum absolute atomic E-state index is 12.6. The van der Waals surface area contributed by atoms with Gasteiger partial charge in [0.15, 0.2) is 0 Å². The molecule has 0 aliphatic carbocycles. The summed E-state index contributed by atoms with van der Waals surface area (Å²) < 4.78 is 5.75. The number of nitrogens with one attached hydrogen (secondary N) is 1. The Kier molecular flexibility index (Phi) is 5.20. The third kappa shape index (κ3) is 4.10. The van der Waals surface area contributed by atoms with Crippen LogP contribution in [0.2, 0.25) is 0 Å². The minimum absolute atomic E-state index is 0.0467. The summed E-state index contributed by atoms with van der Waals surface area (Å²) in [6, 6.07) is 17.1. The van der Waals surface area contributed by atoms with Crippen LogP contribution < -0.4 is 10.1 Å². The van der Waals surface area contributed by atoms with Crippen molar-refractivity contribution in [3.63, 3.8) is 0 Å². The van der Waals surface area contributed by atoms with Crippen molar-refractivity contribution >= 4 is 6.03 Å². The molecule has 3 rings (SSSR count). The fraction of sp³-hybridized carbons (Fsp3) is 0.300. The van der Waals surface area contributed by atoms with Gasteiger partial charge in [-0.25, -0.2) is 4.79 Å². The van der Waals surface area contributed by atoms with Gasteiger partial charge >= 0.3 is 6.03 Å². The number of amides is 2. The van der Waals surface area contributed by atoms with Gasteiger partial charge in [0.05, 0.1) is 24.3 Å². The highest BCUT2D eigenvalue weighted by Gasteiger charge is 2.22. The molecule has 0 saturated heterocycles. The number of hydrogen-bond acceptors (Lipinski definition) is 3. The molecule has 0 aromatic heterocycles. The first-order valence-electron chi connectivity index (χ1n) is 8.40. The minimum Gasteiger partial charge on any atom is -0.493 e. The highest BCUT2D eigenvalue weighted by atomic mass is 16.5. The summed E-state index contributed by atoms with van der Waals surface area (Å²) in [5.74, 6) is 0.847. The van der Waals surface area contributed by atoms with E-state index in [1.54, 1.807) is 24.1 Å². The lowest BCUT2D eigenvalue weighted by Gasteiger charge is -2.23. The minimum atomic E-state index is -0.119.